The van der Waals surface area contributed by atoms with E-state index in [0.29, 0.717) is 6.61 Å². The number of β-amino-alcohol motifs (C(OH)–C–C–N with tert-alkyl or cyclic N) is 1. The van der Waals surface area contributed by atoms with Crippen LogP contribution in [0.5, 0.6) is 5.75 Å². The molecule has 1 N–H and O–H groups in total. The van der Waals surface area contributed by atoms with Crippen molar-refractivity contribution in [3.63, 3.8) is 0 Å². The Balaban J connectivity index is 2.02. The van der Waals surface area contributed by atoms with E-state index in [0.717, 1.165) is 37.4 Å². The van der Waals surface area contributed by atoms with Gasteiger partial charge in [0.2, 0.25) is 0 Å². The quantitative estimate of drug-likeness (QED) is 0.792. The molecule has 1 atom stereocenters. The fourth-order valence-corrected chi connectivity index (χ4v) is 2.09. The Labute approximate surface area is 102 Å². The maximum Gasteiger partial charge on any atom is 0.148 e. The van der Waals surface area contributed by atoms with Gasteiger partial charge in [-0.15, -0.1) is 6.42 Å². The van der Waals surface area contributed by atoms with Crippen LogP contribution in [0.3, 0.4) is 0 Å². The number of nitrogens with zero attached hydrogens (tertiary/aromatic N) is 1. The van der Waals surface area contributed by atoms with Crippen LogP contribution in [-0.2, 0) is 6.54 Å². The van der Waals surface area contributed by atoms with E-state index in [1.807, 2.05) is 24.3 Å². The normalized spacial score (nSPS) is 20.1. The minimum atomic E-state index is -0.186. The molecule has 0 spiro atoms. The average molecular weight is 231 g/mol. The van der Waals surface area contributed by atoms with Crippen molar-refractivity contribution in [3.8, 4) is 18.1 Å². The standard InChI is InChI=1S/C14H17NO2/c1-2-9-17-14-6-4-3-5-12(14)10-15-8-7-13(16)11-15/h1,3-6,13,16H,7-11H2/t13-/m1/s1. The smallest absolute Gasteiger partial charge is 0.148 e. The van der Waals surface area contributed by atoms with Crippen molar-refractivity contribution in [2.24, 2.45) is 0 Å². The summed E-state index contributed by atoms with van der Waals surface area (Å²) in [6, 6.07) is 7.90. The number of ether oxygens (including phenoxy) is 1. The van der Waals surface area contributed by atoms with Crippen LogP contribution in [0, 0.1) is 12.3 Å². The third-order valence-electron chi connectivity index (χ3n) is 2.93. The number of benzene rings is 1. The van der Waals surface area contributed by atoms with Crippen LogP contribution in [0.1, 0.15) is 12.0 Å². The molecule has 3 nitrogen and oxygen atoms in total. The summed E-state index contributed by atoms with van der Waals surface area (Å²) in [6.07, 6.45) is 5.86. The minimum Gasteiger partial charge on any atom is -0.481 e. The summed E-state index contributed by atoms with van der Waals surface area (Å²) in [6.45, 7) is 2.77. The largest absolute Gasteiger partial charge is 0.481 e. The SMILES string of the molecule is C#CCOc1ccccc1CN1CC[C@@H](O)C1. The van der Waals surface area contributed by atoms with Gasteiger partial charge in [0.25, 0.3) is 0 Å². The number of hydrogen-bond donors (Lipinski definition) is 1. The fraction of sp³-hybridized carbons (Fsp3) is 0.429. The second kappa shape index (κ2) is 5.72. The van der Waals surface area contributed by atoms with Crippen molar-refractivity contribution < 1.29 is 9.84 Å². The zero-order valence-electron chi connectivity index (χ0n) is 9.80. The first-order valence-corrected chi connectivity index (χ1v) is 5.84. The highest BCUT2D eigenvalue weighted by Crippen LogP contribution is 2.21. The van der Waals surface area contributed by atoms with Crippen LogP contribution in [-0.4, -0.2) is 35.8 Å². The minimum absolute atomic E-state index is 0.186. The Kier molecular flexibility index (Phi) is 4.03. The van der Waals surface area contributed by atoms with Crippen molar-refractivity contribution in [2.45, 2.75) is 19.1 Å². The lowest BCUT2D eigenvalue weighted by Crippen LogP contribution is -2.21. The van der Waals surface area contributed by atoms with E-state index in [9.17, 15) is 5.11 Å². The number of para-hydroxylation sites is 1. The summed E-state index contributed by atoms with van der Waals surface area (Å²) in [4.78, 5) is 2.22. The zero-order chi connectivity index (χ0) is 12.1. The molecule has 0 bridgehead atoms. The first kappa shape index (κ1) is 12.0. The van der Waals surface area contributed by atoms with Gasteiger partial charge in [0.05, 0.1) is 6.10 Å². The Bertz CT molecular complexity index is 411. The van der Waals surface area contributed by atoms with Crippen molar-refractivity contribution >= 4 is 0 Å². The van der Waals surface area contributed by atoms with E-state index >= 15 is 0 Å². The van der Waals surface area contributed by atoms with Gasteiger partial charge in [0.1, 0.15) is 12.4 Å². The molecule has 17 heavy (non-hydrogen) atoms. The number of likely N-dealkylation sites (tertiary alicyclic amines) is 1. The predicted octanol–water partition coefficient (Wildman–Crippen LogP) is 1.27. The van der Waals surface area contributed by atoms with E-state index in [1.54, 1.807) is 0 Å². The first-order chi connectivity index (χ1) is 8.29. The number of hydrogen-bond acceptors (Lipinski definition) is 3. The van der Waals surface area contributed by atoms with E-state index in [4.69, 9.17) is 11.2 Å². The Morgan fingerprint density at radius 2 is 2.29 bits per heavy atom. The second-order valence-corrected chi connectivity index (χ2v) is 4.28. The molecule has 2 rings (SSSR count). The lowest BCUT2D eigenvalue weighted by molar-refractivity contribution is 0.174. The van der Waals surface area contributed by atoms with Gasteiger partial charge in [-0.1, -0.05) is 24.1 Å². The molecule has 90 valence electrons. The second-order valence-electron chi connectivity index (χ2n) is 4.28. The molecule has 0 aromatic heterocycles. The number of aliphatic hydroxyl groups excluding tert-OH is 1. The van der Waals surface area contributed by atoms with E-state index in [2.05, 4.69) is 10.8 Å². The number of terminal acetylenes is 1. The van der Waals surface area contributed by atoms with Gasteiger partial charge < -0.3 is 9.84 Å². The van der Waals surface area contributed by atoms with Gasteiger partial charge in [0.15, 0.2) is 0 Å². The van der Waals surface area contributed by atoms with E-state index in [1.165, 1.54) is 0 Å². The molecule has 1 aliphatic rings. The molecule has 1 aliphatic heterocycles. The molecule has 1 fully saturated rings. The lowest BCUT2D eigenvalue weighted by Gasteiger charge is -2.17. The maximum absolute atomic E-state index is 9.49. The maximum atomic E-state index is 9.49. The molecule has 1 heterocycles. The molecule has 0 unspecified atom stereocenters. The molecule has 1 aromatic rings. The monoisotopic (exact) mass is 231 g/mol. The Morgan fingerprint density at radius 1 is 1.47 bits per heavy atom. The van der Waals surface area contributed by atoms with Crippen LogP contribution in [0.25, 0.3) is 0 Å². The van der Waals surface area contributed by atoms with E-state index < -0.39 is 0 Å². The summed E-state index contributed by atoms with van der Waals surface area (Å²) >= 11 is 0. The highest BCUT2D eigenvalue weighted by Gasteiger charge is 2.20. The lowest BCUT2D eigenvalue weighted by atomic mass is 10.2. The summed E-state index contributed by atoms with van der Waals surface area (Å²) in [7, 11) is 0. The van der Waals surface area contributed by atoms with Gasteiger partial charge in [-0.05, 0) is 12.5 Å². The Hall–Kier alpha value is -1.50. The summed E-state index contributed by atoms with van der Waals surface area (Å²) in [5.74, 6) is 3.31. The molecule has 1 aromatic carbocycles. The average Bonchev–Trinajstić information content (AvgIpc) is 2.74. The van der Waals surface area contributed by atoms with Gasteiger partial charge in [-0.25, -0.2) is 0 Å². The van der Waals surface area contributed by atoms with Gasteiger partial charge >= 0.3 is 0 Å². The third-order valence-corrected chi connectivity index (χ3v) is 2.93. The van der Waals surface area contributed by atoms with Crippen molar-refractivity contribution in [1.29, 1.82) is 0 Å². The number of rotatable bonds is 4. The molecular weight excluding hydrogens is 214 g/mol. The van der Waals surface area contributed by atoms with Crippen molar-refractivity contribution in [3.05, 3.63) is 29.8 Å². The molecule has 0 amide bonds. The van der Waals surface area contributed by atoms with Crippen LogP contribution in [0.15, 0.2) is 24.3 Å². The topological polar surface area (TPSA) is 32.7 Å². The Morgan fingerprint density at radius 3 is 3.00 bits per heavy atom. The van der Waals surface area contributed by atoms with E-state index in [-0.39, 0.29) is 6.10 Å². The molecule has 0 saturated carbocycles. The molecule has 1 saturated heterocycles. The van der Waals surface area contributed by atoms with Crippen LogP contribution < -0.4 is 4.74 Å². The fourth-order valence-electron chi connectivity index (χ4n) is 2.09. The van der Waals surface area contributed by atoms with Crippen LogP contribution >= 0.6 is 0 Å². The summed E-state index contributed by atoms with van der Waals surface area (Å²) in [5.41, 5.74) is 1.12. The highest BCUT2D eigenvalue weighted by molar-refractivity contribution is 5.33. The highest BCUT2D eigenvalue weighted by atomic mass is 16.5. The van der Waals surface area contributed by atoms with Gasteiger partial charge in [-0.2, -0.15) is 0 Å². The molecule has 0 aliphatic carbocycles. The number of aliphatic hydroxyl groups is 1. The molecular formula is C14H17NO2. The van der Waals surface area contributed by atoms with Gasteiger partial charge in [0, 0.05) is 25.2 Å². The third kappa shape index (κ3) is 3.23. The molecule has 0 radical (unpaired) electrons. The predicted molar refractivity (Wildman–Crippen MR) is 66.7 cm³/mol. The molecule has 3 heteroatoms. The van der Waals surface area contributed by atoms with Crippen LogP contribution in [0.4, 0.5) is 0 Å². The van der Waals surface area contributed by atoms with Crippen molar-refractivity contribution in [2.75, 3.05) is 19.7 Å². The zero-order valence-corrected chi connectivity index (χ0v) is 9.80. The van der Waals surface area contributed by atoms with Crippen molar-refractivity contribution in [1.82, 2.24) is 4.90 Å². The summed E-state index contributed by atoms with van der Waals surface area (Å²) in [5, 5.41) is 9.49. The van der Waals surface area contributed by atoms with Gasteiger partial charge in [-0.3, -0.25) is 4.90 Å². The summed E-state index contributed by atoms with van der Waals surface area (Å²) < 4.78 is 5.50. The first-order valence-electron chi connectivity index (χ1n) is 5.84. The van der Waals surface area contributed by atoms with Crippen LogP contribution in [0.2, 0.25) is 0 Å².